The summed E-state index contributed by atoms with van der Waals surface area (Å²) in [6.07, 6.45) is 1.83. The number of benzene rings is 1. The van der Waals surface area contributed by atoms with E-state index in [1.165, 1.54) is 16.8 Å². The Morgan fingerprint density at radius 2 is 2.04 bits per heavy atom. The van der Waals surface area contributed by atoms with Crippen molar-refractivity contribution in [1.82, 2.24) is 14.5 Å². The molecule has 0 fully saturated rings. The van der Waals surface area contributed by atoms with Gasteiger partial charge in [-0.2, -0.15) is 0 Å². The van der Waals surface area contributed by atoms with Gasteiger partial charge in [0.25, 0.3) is 11.5 Å². The molecule has 0 saturated heterocycles. The number of nitrogens with one attached hydrogen (secondary N) is 2. The van der Waals surface area contributed by atoms with Crippen molar-refractivity contribution < 1.29 is 13.6 Å². The Hall–Kier alpha value is -3.36. The molecule has 0 radical (unpaired) electrons. The van der Waals surface area contributed by atoms with E-state index in [1.54, 1.807) is 0 Å². The number of carbonyl (C=O) groups is 1. The minimum atomic E-state index is -0.929. The topological polar surface area (TPSA) is 96.9 Å². The van der Waals surface area contributed by atoms with Gasteiger partial charge in [0.2, 0.25) is 0 Å². The summed E-state index contributed by atoms with van der Waals surface area (Å²) in [5.74, 6) is -2.42. The predicted octanol–water partition coefficient (Wildman–Crippen LogP) is 2.03. The number of hydrogen-bond donors (Lipinski definition) is 2. The Kier molecular flexibility index (Phi) is 4.61. The minimum Gasteiger partial charge on any atom is -0.319 e. The number of hydrogen-bond acceptors (Lipinski definition) is 4. The minimum absolute atomic E-state index is 0.00609. The van der Waals surface area contributed by atoms with Gasteiger partial charge in [-0.05, 0) is 24.6 Å². The molecule has 0 aliphatic carbocycles. The molecular weight excluding hydrogens is 346 g/mol. The Morgan fingerprint density at radius 1 is 1.27 bits per heavy atom. The van der Waals surface area contributed by atoms with Crippen LogP contribution in [0.2, 0.25) is 0 Å². The molecule has 3 rings (SSSR count). The van der Waals surface area contributed by atoms with Crippen LogP contribution in [0, 0.1) is 11.6 Å². The van der Waals surface area contributed by atoms with Gasteiger partial charge in [0.15, 0.2) is 0 Å². The standard InChI is InChI=1S/C17H14F2N4O3/c1-2-5-23-14-11(16(25)22-17(23)26)6-9(8-20-14)15(24)21-13-4-3-10(18)7-12(13)19/h3-4,6-8H,2,5H2,1H3,(H,21,24)(H,22,25,26). The lowest BCUT2D eigenvalue weighted by atomic mass is 10.2. The highest BCUT2D eigenvalue weighted by Gasteiger charge is 2.14. The van der Waals surface area contributed by atoms with E-state index in [0.29, 0.717) is 19.0 Å². The van der Waals surface area contributed by atoms with E-state index in [-0.39, 0.29) is 22.3 Å². The maximum atomic E-state index is 13.7. The zero-order valence-corrected chi connectivity index (χ0v) is 13.7. The van der Waals surface area contributed by atoms with E-state index in [0.717, 1.165) is 12.1 Å². The first-order valence-corrected chi connectivity index (χ1v) is 7.80. The number of halogens is 2. The summed E-state index contributed by atoms with van der Waals surface area (Å²) >= 11 is 0. The third-order valence-corrected chi connectivity index (χ3v) is 3.72. The second-order valence-corrected chi connectivity index (χ2v) is 5.58. The number of amides is 1. The quantitative estimate of drug-likeness (QED) is 0.744. The van der Waals surface area contributed by atoms with E-state index < -0.39 is 28.8 Å². The molecule has 0 atom stereocenters. The highest BCUT2D eigenvalue weighted by atomic mass is 19.1. The maximum Gasteiger partial charge on any atom is 0.329 e. The average Bonchev–Trinajstić information content (AvgIpc) is 2.60. The summed E-state index contributed by atoms with van der Waals surface area (Å²) in [6.45, 7) is 2.22. The molecule has 3 aromatic rings. The van der Waals surface area contributed by atoms with Gasteiger partial charge in [-0.25, -0.2) is 18.6 Å². The van der Waals surface area contributed by atoms with Crippen molar-refractivity contribution in [2.24, 2.45) is 0 Å². The van der Waals surface area contributed by atoms with Crippen LogP contribution < -0.4 is 16.6 Å². The molecule has 0 aliphatic heterocycles. The highest BCUT2D eigenvalue weighted by Crippen LogP contribution is 2.17. The van der Waals surface area contributed by atoms with Crippen LogP contribution in [-0.2, 0) is 6.54 Å². The van der Waals surface area contributed by atoms with E-state index in [1.807, 2.05) is 6.92 Å². The van der Waals surface area contributed by atoms with Gasteiger partial charge < -0.3 is 5.32 Å². The summed E-state index contributed by atoms with van der Waals surface area (Å²) < 4.78 is 27.9. The van der Waals surface area contributed by atoms with E-state index >= 15 is 0 Å². The van der Waals surface area contributed by atoms with E-state index in [4.69, 9.17) is 0 Å². The number of pyridine rings is 1. The van der Waals surface area contributed by atoms with Gasteiger partial charge in [-0.3, -0.25) is 19.1 Å². The lowest BCUT2D eigenvalue weighted by Crippen LogP contribution is -2.31. The number of fused-ring (bicyclic) bond motifs is 1. The van der Waals surface area contributed by atoms with Crippen molar-refractivity contribution in [3.05, 3.63) is 68.5 Å². The summed E-state index contributed by atoms with van der Waals surface area (Å²) in [7, 11) is 0. The number of carbonyl (C=O) groups excluding carboxylic acids is 1. The summed E-state index contributed by atoms with van der Waals surface area (Å²) in [4.78, 5) is 42.4. The number of aryl methyl sites for hydroxylation is 1. The summed E-state index contributed by atoms with van der Waals surface area (Å²) in [6, 6.07) is 4.00. The normalized spacial score (nSPS) is 10.9. The third kappa shape index (κ3) is 3.23. The molecule has 2 aromatic heterocycles. The van der Waals surface area contributed by atoms with Crippen molar-refractivity contribution in [2.45, 2.75) is 19.9 Å². The smallest absolute Gasteiger partial charge is 0.319 e. The molecule has 134 valence electrons. The molecular formula is C17H14F2N4O3. The molecule has 0 spiro atoms. The number of aromatic nitrogens is 3. The first kappa shape index (κ1) is 17.5. The summed E-state index contributed by atoms with van der Waals surface area (Å²) in [5, 5.41) is 2.35. The first-order chi connectivity index (χ1) is 12.4. The van der Waals surface area contributed by atoms with Gasteiger partial charge in [-0.15, -0.1) is 0 Å². The third-order valence-electron chi connectivity index (χ3n) is 3.72. The second-order valence-electron chi connectivity index (χ2n) is 5.58. The van der Waals surface area contributed by atoms with Gasteiger partial charge in [-0.1, -0.05) is 6.92 Å². The van der Waals surface area contributed by atoms with Crippen molar-refractivity contribution >= 4 is 22.6 Å². The van der Waals surface area contributed by atoms with Crippen LogP contribution in [0.15, 0.2) is 40.1 Å². The monoisotopic (exact) mass is 360 g/mol. The molecule has 26 heavy (non-hydrogen) atoms. The van der Waals surface area contributed by atoms with E-state index in [9.17, 15) is 23.2 Å². The molecule has 0 bridgehead atoms. The number of rotatable bonds is 4. The van der Waals surface area contributed by atoms with Gasteiger partial charge in [0, 0.05) is 18.8 Å². The van der Waals surface area contributed by atoms with E-state index in [2.05, 4.69) is 15.3 Å². The molecule has 9 heteroatoms. The molecule has 0 unspecified atom stereocenters. The van der Waals surface area contributed by atoms with Gasteiger partial charge in [0.1, 0.15) is 17.3 Å². The molecule has 1 amide bonds. The molecule has 1 aromatic carbocycles. The zero-order chi connectivity index (χ0) is 18.8. The SMILES string of the molecule is CCCn1c(=O)[nH]c(=O)c2cc(C(=O)Nc3ccc(F)cc3F)cnc21. The zero-order valence-electron chi connectivity index (χ0n) is 13.7. The molecule has 7 nitrogen and oxygen atoms in total. The van der Waals surface area contributed by atoms with Crippen molar-refractivity contribution in [3.8, 4) is 0 Å². The number of nitrogens with zero attached hydrogens (tertiary/aromatic N) is 2. The number of H-pyrrole nitrogens is 1. The lowest BCUT2D eigenvalue weighted by molar-refractivity contribution is 0.102. The fourth-order valence-electron chi connectivity index (χ4n) is 2.51. The Labute approximate surface area is 145 Å². The number of anilines is 1. The Balaban J connectivity index is 2.02. The van der Waals surface area contributed by atoms with Crippen LogP contribution in [0.3, 0.4) is 0 Å². The van der Waals surface area contributed by atoms with Crippen molar-refractivity contribution in [3.63, 3.8) is 0 Å². The van der Waals surface area contributed by atoms with Crippen LogP contribution in [0.25, 0.3) is 11.0 Å². The molecule has 2 N–H and O–H groups in total. The van der Waals surface area contributed by atoms with Crippen LogP contribution in [0.4, 0.5) is 14.5 Å². The lowest BCUT2D eigenvalue weighted by Gasteiger charge is -2.09. The fraction of sp³-hybridized carbons (Fsp3) is 0.176. The molecule has 0 aliphatic rings. The predicted molar refractivity (Wildman–Crippen MR) is 91.2 cm³/mol. The Bertz CT molecular complexity index is 1120. The summed E-state index contributed by atoms with van der Waals surface area (Å²) in [5.41, 5.74) is -1.31. The van der Waals surface area contributed by atoms with Crippen LogP contribution in [-0.4, -0.2) is 20.4 Å². The van der Waals surface area contributed by atoms with Crippen molar-refractivity contribution in [1.29, 1.82) is 0 Å². The van der Waals surface area contributed by atoms with Crippen LogP contribution in [0.1, 0.15) is 23.7 Å². The molecule has 2 heterocycles. The fourth-order valence-corrected chi connectivity index (χ4v) is 2.51. The van der Waals surface area contributed by atoms with Gasteiger partial charge >= 0.3 is 5.69 Å². The first-order valence-electron chi connectivity index (χ1n) is 7.80. The largest absolute Gasteiger partial charge is 0.329 e. The van der Waals surface area contributed by atoms with Crippen LogP contribution >= 0.6 is 0 Å². The number of aromatic amines is 1. The van der Waals surface area contributed by atoms with Crippen LogP contribution in [0.5, 0.6) is 0 Å². The Morgan fingerprint density at radius 3 is 2.73 bits per heavy atom. The highest BCUT2D eigenvalue weighted by molar-refractivity contribution is 6.05. The molecule has 0 saturated carbocycles. The second kappa shape index (κ2) is 6.87. The van der Waals surface area contributed by atoms with Crippen molar-refractivity contribution in [2.75, 3.05) is 5.32 Å². The van der Waals surface area contributed by atoms with Gasteiger partial charge in [0.05, 0.1) is 16.6 Å². The maximum absolute atomic E-state index is 13.7. The average molecular weight is 360 g/mol.